The Kier molecular flexibility index (Phi) is 10.7. The molecule has 2 aromatic carbocycles. The minimum absolute atomic E-state index is 0.0104. The molecule has 0 unspecified atom stereocenters. The van der Waals surface area contributed by atoms with Gasteiger partial charge in [0, 0.05) is 53.2 Å². The van der Waals surface area contributed by atoms with Crippen LogP contribution in [0, 0.1) is 0 Å². The highest BCUT2D eigenvalue weighted by atomic mass is 35.5. The SMILES string of the molecule is NC(=O)C1(NCCC(F)(F)F)CCN(C(=O)c2cc(-c3ccc(Cl)cc3Cl)n(-c3ccc(Cl)cc3)c2CCCCO)CC1. The van der Waals surface area contributed by atoms with Gasteiger partial charge in [-0.2, -0.15) is 13.2 Å². The van der Waals surface area contributed by atoms with E-state index in [0.29, 0.717) is 56.8 Å². The lowest BCUT2D eigenvalue weighted by molar-refractivity contribution is -0.137. The molecule has 1 fully saturated rings. The zero-order valence-corrected chi connectivity index (χ0v) is 25.5. The molecule has 1 aromatic heterocycles. The van der Waals surface area contributed by atoms with Crippen LogP contribution >= 0.6 is 34.8 Å². The molecule has 4 rings (SSSR count). The monoisotopic (exact) mass is 658 g/mol. The second-order valence-electron chi connectivity index (χ2n) is 10.5. The first-order valence-electron chi connectivity index (χ1n) is 13.8. The molecular formula is C30H32Cl3F3N4O3. The maximum atomic E-state index is 14.1. The van der Waals surface area contributed by atoms with Gasteiger partial charge in [-0.15, -0.1) is 0 Å². The van der Waals surface area contributed by atoms with E-state index in [1.54, 1.807) is 41.3 Å². The number of carbonyl (C=O) groups is 2. The number of amides is 2. The molecule has 4 N–H and O–H groups in total. The Morgan fingerprint density at radius 2 is 1.63 bits per heavy atom. The summed E-state index contributed by atoms with van der Waals surface area (Å²) in [5.74, 6) is -1.05. The number of nitrogens with one attached hydrogen (secondary N) is 1. The Morgan fingerprint density at radius 3 is 2.21 bits per heavy atom. The molecule has 0 aliphatic carbocycles. The third kappa shape index (κ3) is 7.85. The lowest BCUT2D eigenvalue weighted by Crippen LogP contribution is -2.61. The van der Waals surface area contributed by atoms with Crippen LogP contribution < -0.4 is 11.1 Å². The maximum Gasteiger partial charge on any atom is 0.390 e. The van der Waals surface area contributed by atoms with Gasteiger partial charge in [-0.1, -0.05) is 34.8 Å². The fourth-order valence-corrected chi connectivity index (χ4v) is 6.01. The number of unbranched alkanes of at least 4 members (excludes halogenated alkanes) is 1. The number of aliphatic hydroxyl groups is 1. The summed E-state index contributed by atoms with van der Waals surface area (Å²) in [6.45, 7) is -0.242. The number of aliphatic hydroxyl groups excluding tert-OH is 1. The Hall–Kier alpha value is -2.76. The van der Waals surface area contributed by atoms with Crippen molar-refractivity contribution in [1.82, 2.24) is 14.8 Å². The number of nitrogens with zero attached hydrogens (tertiary/aromatic N) is 2. The number of primary amides is 1. The minimum Gasteiger partial charge on any atom is -0.396 e. The summed E-state index contributed by atoms with van der Waals surface area (Å²) < 4.78 is 40.2. The highest BCUT2D eigenvalue weighted by Crippen LogP contribution is 2.37. The Balaban J connectivity index is 1.72. The van der Waals surface area contributed by atoms with Gasteiger partial charge in [-0.05, 0) is 80.6 Å². The average Bonchev–Trinajstić information content (AvgIpc) is 3.31. The van der Waals surface area contributed by atoms with Crippen molar-refractivity contribution in [3.8, 4) is 16.9 Å². The minimum atomic E-state index is -4.38. The summed E-state index contributed by atoms with van der Waals surface area (Å²) in [6, 6.07) is 14.0. The molecule has 0 spiro atoms. The Labute approximate surface area is 262 Å². The van der Waals surface area contributed by atoms with Crippen LogP contribution in [0.3, 0.4) is 0 Å². The molecule has 0 bridgehead atoms. The fourth-order valence-electron chi connectivity index (χ4n) is 5.38. The van der Waals surface area contributed by atoms with Crippen LogP contribution in [0.4, 0.5) is 13.2 Å². The summed E-state index contributed by atoms with van der Waals surface area (Å²) in [5.41, 5.74) is 7.40. The van der Waals surface area contributed by atoms with E-state index in [9.17, 15) is 27.9 Å². The van der Waals surface area contributed by atoms with Crippen LogP contribution in [0.25, 0.3) is 16.9 Å². The van der Waals surface area contributed by atoms with Crippen molar-refractivity contribution in [3.05, 3.63) is 74.9 Å². The van der Waals surface area contributed by atoms with Gasteiger partial charge in [0.2, 0.25) is 5.91 Å². The van der Waals surface area contributed by atoms with E-state index in [1.807, 2.05) is 16.7 Å². The van der Waals surface area contributed by atoms with E-state index in [2.05, 4.69) is 5.32 Å². The number of alkyl halides is 3. The molecule has 43 heavy (non-hydrogen) atoms. The van der Waals surface area contributed by atoms with E-state index in [1.165, 1.54) is 0 Å². The number of aromatic nitrogens is 1. The van der Waals surface area contributed by atoms with E-state index in [-0.39, 0.29) is 38.4 Å². The molecule has 0 radical (unpaired) electrons. The second kappa shape index (κ2) is 13.9. The molecule has 13 heteroatoms. The molecule has 1 aliphatic heterocycles. The lowest BCUT2D eigenvalue weighted by atomic mass is 9.86. The van der Waals surface area contributed by atoms with Crippen LogP contribution in [0.5, 0.6) is 0 Å². The molecule has 1 aliphatic rings. The fraction of sp³-hybridized carbons (Fsp3) is 0.400. The Bertz CT molecular complexity index is 1450. The van der Waals surface area contributed by atoms with Crippen molar-refractivity contribution >= 4 is 46.6 Å². The van der Waals surface area contributed by atoms with E-state index >= 15 is 0 Å². The zero-order chi connectivity index (χ0) is 31.4. The van der Waals surface area contributed by atoms with Crippen molar-refractivity contribution in [2.45, 2.75) is 50.2 Å². The van der Waals surface area contributed by atoms with E-state index in [4.69, 9.17) is 40.5 Å². The predicted molar refractivity (Wildman–Crippen MR) is 162 cm³/mol. The molecule has 232 valence electrons. The van der Waals surface area contributed by atoms with Crippen LogP contribution in [0.15, 0.2) is 48.5 Å². The number of rotatable bonds is 11. The van der Waals surface area contributed by atoms with Crippen molar-refractivity contribution in [2.75, 3.05) is 26.2 Å². The first-order chi connectivity index (χ1) is 20.3. The summed E-state index contributed by atoms with van der Waals surface area (Å²) >= 11 is 19.0. The maximum absolute atomic E-state index is 14.1. The highest BCUT2D eigenvalue weighted by molar-refractivity contribution is 6.36. The van der Waals surface area contributed by atoms with Crippen molar-refractivity contribution < 1.29 is 27.9 Å². The van der Waals surface area contributed by atoms with Crippen LogP contribution in [0.2, 0.25) is 15.1 Å². The molecule has 3 aromatic rings. The standard InChI is InChI=1S/C30H32Cl3F3N4O3/c31-19-4-7-21(8-5-19)40-25(3-1-2-16-41)23(18-26(40)22-9-6-20(32)17-24(22)33)27(42)39-14-11-29(12-15-39,28(37)43)38-13-10-30(34,35)36/h4-9,17-18,38,41H,1-3,10-16H2,(H2,37,43). The summed E-state index contributed by atoms with van der Waals surface area (Å²) in [6.07, 6.45) is -3.78. The van der Waals surface area contributed by atoms with Crippen LogP contribution in [-0.4, -0.2) is 64.3 Å². The van der Waals surface area contributed by atoms with Crippen molar-refractivity contribution in [2.24, 2.45) is 5.73 Å². The third-order valence-electron chi connectivity index (χ3n) is 7.69. The molecule has 2 amide bonds. The predicted octanol–water partition coefficient (Wildman–Crippen LogP) is 6.42. The number of carbonyl (C=O) groups excluding carboxylic acids is 2. The molecule has 7 nitrogen and oxygen atoms in total. The van der Waals surface area contributed by atoms with E-state index in [0.717, 1.165) is 5.69 Å². The number of hydrogen-bond donors (Lipinski definition) is 3. The number of likely N-dealkylation sites (tertiary alicyclic amines) is 1. The van der Waals surface area contributed by atoms with Crippen LogP contribution in [0.1, 0.15) is 48.2 Å². The number of benzene rings is 2. The molecule has 2 heterocycles. The van der Waals surface area contributed by atoms with Gasteiger partial charge in [-0.3, -0.25) is 9.59 Å². The number of hydrogen-bond acceptors (Lipinski definition) is 4. The van der Waals surface area contributed by atoms with Crippen molar-refractivity contribution in [3.63, 3.8) is 0 Å². The van der Waals surface area contributed by atoms with Gasteiger partial charge in [0.25, 0.3) is 5.91 Å². The molecule has 0 atom stereocenters. The smallest absolute Gasteiger partial charge is 0.390 e. The summed E-state index contributed by atoms with van der Waals surface area (Å²) in [4.78, 5) is 28.0. The van der Waals surface area contributed by atoms with Gasteiger partial charge in [0.15, 0.2) is 0 Å². The largest absolute Gasteiger partial charge is 0.396 e. The Morgan fingerprint density at radius 1 is 0.977 bits per heavy atom. The van der Waals surface area contributed by atoms with Gasteiger partial charge < -0.3 is 25.6 Å². The quantitative estimate of drug-likeness (QED) is 0.207. The molecule has 1 saturated heterocycles. The van der Waals surface area contributed by atoms with Gasteiger partial charge in [0.05, 0.1) is 22.7 Å². The number of nitrogens with two attached hydrogens (primary N) is 1. The summed E-state index contributed by atoms with van der Waals surface area (Å²) in [5, 5.41) is 13.5. The van der Waals surface area contributed by atoms with Crippen LogP contribution in [-0.2, 0) is 11.2 Å². The zero-order valence-electron chi connectivity index (χ0n) is 23.2. The number of halogens is 6. The molecular weight excluding hydrogens is 628 g/mol. The van der Waals surface area contributed by atoms with Crippen molar-refractivity contribution in [1.29, 1.82) is 0 Å². The normalized spacial score (nSPS) is 15.1. The topological polar surface area (TPSA) is 101 Å². The third-order valence-corrected chi connectivity index (χ3v) is 8.49. The first kappa shape index (κ1) is 33.1. The second-order valence-corrected chi connectivity index (χ2v) is 11.8. The van der Waals surface area contributed by atoms with E-state index < -0.39 is 30.6 Å². The lowest BCUT2D eigenvalue weighted by Gasteiger charge is -2.40. The van der Waals surface area contributed by atoms with Gasteiger partial charge in [0.1, 0.15) is 5.54 Å². The summed E-state index contributed by atoms with van der Waals surface area (Å²) in [7, 11) is 0. The first-order valence-corrected chi connectivity index (χ1v) is 15.0. The highest BCUT2D eigenvalue weighted by Gasteiger charge is 2.42. The molecule has 0 saturated carbocycles. The number of piperidine rings is 1. The van der Waals surface area contributed by atoms with Gasteiger partial charge >= 0.3 is 6.18 Å². The van der Waals surface area contributed by atoms with Gasteiger partial charge in [-0.25, -0.2) is 0 Å². The average molecular weight is 660 g/mol.